The molecule has 0 amide bonds. The van der Waals surface area contributed by atoms with Crippen LogP contribution >= 0.6 is 0 Å². The van der Waals surface area contributed by atoms with Gasteiger partial charge in [0.15, 0.2) is 6.10 Å². The van der Waals surface area contributed by atoms with E-state index in [-0.39, 0.29) is 0 Å². The van der Waals surface area contributed by atoms with E-state index in [0.717, 1.165) is 30.4 Å². The Bertz CT molecular complexity index is 427. The fraction of sp³-hybridized carbons (Fsp3) is 0.462. The molecule has 0 radical (unpaired) electrons. The Kier molecular flexibility index (Phi) is 3.33. The maximum atomic E-state index is 10.7. The summed E-state index contributed by atoms with van der Waals surface area (Å²) >= 11 is 0. The number of hydrogen-bond donors (Lipinski definition) is 2. The molecule has 1 aromatic rings. The fourth-order valence-electron chi connectivity index (χ4n) is 2.08. The van der Waals surface area contributed by atoms with Crippen molar-refractivity contribution in [3.8, 4) is 5.75 Å². The molecule has 0 aliphatic heterocycles. The Labute approximate surface area is 99.8 Å². The first-order chi connectivity index (χ1) is 8.08. The number of carbonyl (C=O) groups is 1. The van der Waals surface area contributed by atoms with Crippen molar-refractivity contribution in [2.45, 2.75) is 38.4 Å². The van der Waals surface area contributed by atoms with Gasteiger partial charge >= 0.3 is 5.97 Å². The summed E-state index contributed by atoms with van der Waals surface area (Å²) in [5, 5.41) is 18.6. The van der Waals surface area contributed by atoms with Crippen molar-refractivity contribution in [3.63, 3.8) is 0 Å². The highest BCUT2D eigenvalue weighted by Crippen LogP contribution is 2.32. The van der Waals surface area contributed by atoms with Gasteiger partial charge in [0.25, 0.3) is 0 Å². The molecule has 4 heteroatoms. The van der Waals surface area contributed by atoms with E-state index in [1.54, 1.807) is 12.1 Å². The molecule has 1 aromatic carbocycles. The van der Waals surface area contributed by atoms with Gasteiger partial charge in [-0.3, -0.25) is 0 Å². The predicted molar refractivity (Wildman–Crippen MR) is 62.1 cm³/mol. The molecule has 0 fully saturated rings. The molecular weight excluding hydrogens is 220 g/mol. The monoisotopic (exact) mass is 236 g/mol. The average Bonchev–Trinajstić information content (AvgIpc) is 2.30. The van der Waals surface area contributed by atoms with Crippen LogP contribution in [0.2, 0.25) is 0 Å². The number of aliphatic hydroxyl groups is 1. The van der Waals surface area contributed by atoms with Crippen molar-refractivity contribution < 1.29 is 19.7 Å². The molecule has 1 aliphatic rings. The SMILES string of the molecule is CC(Oc1ccc2c(c1)[C@H](O)CCC2)C(=O)O. The summed E-state index contributed by atoms with van der Waals surface area (Å²) < 4.78 is 5.28. The van der Waals surface area contributed by atoms with Gasteiger partial charge < -0.3 is 14.9 Å². The number of aryl methyl sites for hydroxylation is 1. The van der Waals surface area contributed by atoms with Crippen LogP contribution in [0.4, 0.5) is 0 Å². The van der Waals surface area contributed by atoms with E-state index < -0.39 is 18.2 Å². The summed E-state index contributed by atoms with van der Waals surface area (Å²) in [6.07, 6.45) is 1.36. The molecule has 17 heavy (non-hydrogen) atoms. The number of aliphatic hydroxyl groups excluding tert-OH is 1. The number of fused-ring (bicyclic) bond motifs is 1. The summed E-state index contributed by atoms with van der Waals surface area (Å²) in [6.45, 7) is 1.48. The minimum absolute atomic E-state index is 0.456. The molecule has 0 saturated carbocycles. The van der Waals surface area contributed by atoms with Crippen molar-refractivity contribution in [1.82, 2.24) is 0 Å². The van der Waals surface area contributed by atoms with Gasteiger partial charge in [0.05, 0.1) is 6.10 Å². The lowest BCUT2D eigenvalue weighted by Gasteiger charge is -2.22. The molecule has 0 spiro atoms. The van der Waals surface area contributed by atoms with Gasteiger partial charge in [-0.25, -0.2) is 4.79 Å². The van der Waals surface area contributed by atoms with Crippen molar-refractivity contribution in [1.29, 1.82) is 0 Å². The lowest BCUT2D eigenvalue weighted by molar-refractivity contribution is -0.144. The third-order valence-corrected chi connectivity index (χ3v) is 3.06. The smallest absolute Gasteiger partial charge is 0.344 e. The van der Waals surface area contributed by atoms with E-state index in [9.17, 15) is 9.90 Å². The predicted octanol–water partition coefficient (Wildman–Crippen LogP) is 1.91. The van der Waals surface area contributed by atoms with Gasteiger partial charge in [-0.05, 0) is 49.4 Å². The molecule has 92 valence electrons. The molecule has 0 heterocycles. The minimum Gasteiger partial charge on any atom is -0.479 e. The largest absolute Gasteiger partial charge is 0.479 e. The Morgan fingerprint density at radius 2 is 2.29 bits per heavy atom. The molecule has 1 unspecified atom stereocenters. The first-order valence-corrected chi connectivity index (χ1v) is 5.78. The van der Waals surface area contributed by atoms with Crippen LogP contribution < -0.4 is 4.74 Å². The molecule has 4 nitrogen and oxygen atoms in total. The zero-order valence-corrected chi connectivity index (χ0v) is 9.72. The summed E-state index contributed by atoms with van der Waals surface area (Å²) in [5.74, 6) is -0.497. The lowest BCUT2D eigenvalue weighted by atomic mass is 9.89. The molecule has 0 saturated heterocycles. The summed E-state index contributed by atoms with van der Waals surface area (Å²) in [7, 11) is 0. The second-order valence-electron chi connectivity index (χ2n) is 4.37. The Hall–Kier alpha value is -1.55. The van der Waals surface area contributed by atoms with Gasteiger partial charge in [0, 0.05) is 0 Å². The zero-order valence-electron chi connectivity index (χ0n) is 9.72. The third kappa shape index (κ3) is 2.58. The van der Waals surface area contributed by atoms with Gasteiger partial charge in [0.2, 0.25) is 0 Å². The normalized spacial score (nSPS) is 20.5. The molecule has 0 aromatic heterocycles. The molecule has 2 atom stereocenters. The van der Waals surface area contributed by atoms with Crippen LogP contribution in [0.25, 0.3) is 0 Å². The maximum Gasteiger partial charge on any atom is 0.344 e. The van der Waals surface area contributed by atoms with E-state index in [2.05, 4.69) is 0 Å². The zero-order chi connectivity index (χ0) is 12.4. The van der Waals surface area contributed by atoms with Gasteiger partial charge in [-0.2, -0.15) is 0 Å². The first-order valence-electron chi connectivity index (χ1n) is 5.78. The van der Waals surface area contributed by atoms with Crippen molar-refractivity contribution in [2.75, 3.05) is 0 Å². The topological polar surface area (TPSA) is 66.8 Å². The van der Waals surface area contributed by atoms with Crippen LogP contribution in [0, 0.1) is 0 Å². The summed E-state index contributed by atoms with van der Waals surface area (Å²) in [4.78, 5) is 10.7. The number of benzene rings is 1. The third-order valence-electron chi connectivity index (χ3n) is 3.06. The molecule has 0 bridgehead atoms. The number of carboxylic acids is 1. The number of ether oxygens (including phenoxy) is 1. The first kappa shape index (κ1) is 11.9. The van der Waals surface area contributed by atoms with E-state index >= 15 is 0 Å². The van der Waals surface area contributed by atoms with Crippen LogP contribution in [0.3, 0.4) is 0 Å². The maximum absolute atomic E-state index is 10.7. The quantitative estimate of drug-likeness (QED) is 0.841. The summed E-state index contributed by atoms with van der Waals surface area (Å²) in [6, 6.07) is 5.41. The van der Waals surface area contributed by atoms with Gasteiger partial charge in [-0.15, -0.1) is 0 Å². The molecule has 2 N–H and O–H groups in total. The van der Waals surface area contributed by atoms with Crippen LogP contribution in [-0.4, -0.2) is 22.3 Å². The van der Waals surface area contributed by atoms with Crippen LogP contribution in [0.5, 0.6) is 5.75 Å². The number of aliphatic carboxylic acids is 1. The van der Waals surface area contributed by atoms with E-state index in [1.165, 1.54) is 6.92 Å². The summed E-state index contributed by atoms with van der Waals surface area (Å²) in [5.41, 5.74) is 1.99. The Morgan fingerprint density at radius 3 is 3.00 bits per heavy atom. The van der Waals surface area contributed by atoms with Crippen molar-refractivity contribution >= 4 is 5.97 Å². The van der Waals surface area contributed by atoms with E-state index in [1.807, 2.05) is 6.07 Å². The lowest BCUT2D eigenvalue weighted by Crippen LogP contribution is -2.23. The average molecular weight is 236 g/mol. The molecule has 1 aliphatic carbocycles. The molecule has 2 rings (SSSR count). The second kappa shape index (κ2) is 4.75. The van der Waals surface area contributed by atoms with Crippen LogP contribution in [0.15, 0.2) is 18.2 Å². The van der Waals surface area contributed by atoms with Gasteiger partial charge in [-0.1, -0.05) is 6.07 Å². The van der Waals surface area contributed by atoms with Crippen LogP contribution in [-0.2, 0) is 11.2 Å². The highest BCUT2D eigenvalue weighted by Gasteiger charge is 2.19. The Balaban J connectivity index is 2.20. The second-order valence-corrected chi connectivity index (χ2v) is 4.37. The highest BCUT2D eigenvalue weighted by atomic mass is 16.5. The Morgan fingerprint density at radius 1 is 1.53 bits per heavy atom. The molecular formula is C13H16O4. The standard InChI is InChI=1S/C13H16O4/c1-8(13(15)16)17-10-6-5-9-3-2-4-12(14)11(9)7-10/h5-8,12,14H,2-4H2,1H3,(H,15,16)/t8?,12-/m1/s1. The van der Waals surface area contributed by atoms with E-state index in [4.69, 9.17) is 9.84 Å². The minimum atomic E-state index is -0.997. The highest BCUT2D eigenvalue weighted by molar-refractivity contribution is 5.72. The van der Waals surface area contributed by atoms with Crippen molar-refractivity contribution in [2.24, 2.45) is 0 Å². The number of hydrogen-bond acceptors (Lipinski definition) is 3. The number of carboxylic acid groups (broad SMARTS) is 1. The van der Waals surface area contributed by atoms with Gasteiger partial charge in [0.1, 0.15) is 5.75 Å². The number of rotatable bonds is 3. The van der Waals surface area contributed by atoms with Crippen LogP contribution in [0.1, 0.15) is 37.0 Å². The fourth-order valence-corrected chi connectivity index (χ4v) is 2.08. The van der Waals surface area contributed by atoms with E-state index in [0.29, 0.717) is 5.75 Å². The van der Waals surface area contributed by atoms with Crippen molar-refractivity contribution in [3.05, 3.63) is 29.3 Å².